The molecule has 1 amide bonds. The van der Waals surface area contributed by atoms with Crippen LogP contribution in [0.15, 0.2) is 18.2 Å². The SMILES string of the molecule is CNCC1C(=O)NCC(C)N1c1cc(C)cc(C)c1. The maximum absolute atomic E-state index is 12.1. The summed E-state index contributed by atoms with van der Waals surface area (Å²) in [6.07, 6.45) is 0. The Labute approximate surface area is 115 Å². The van der Waals surface area contributed by atoms with Crippen molar-refractivity contribution >= 4 is 11.6 Å². The van der Waals surface area contributed by atoms with E-state index in [1.165, 1.54) is 11.1 Å². The van der Waals surface area contributed by atoms with Gasteiger partial charge >= 0.3 is 0 Å². The average molecular weight is 261 g/mol. The molecule has 0 aromatic heterocycles. The molecule has 1 fully saturated rings. The molecule has 19 heavy (non-hydrogen) atoms. The Morgan fingerprint density at radius 3 is 2.53 bits per heavy atom. The first-order valence-corrected chi connectivity index (χ1v) is 6.82. The molecule has 1 aliphatic rings. The molecule has 1 heterocycles. The van der Waals surface area contributed by atoms with Gasteiger partial charge in [-0.3, -0.25) is 4.79 Å². The molecule has 0 spiro atoms. The zero-order chi connectivity index (χ0) is 14.0. The van der Waals surface area contributed by atoms with Gasteiger partial charge in [0.2, 0.25) is 5.91 Å². The number of nitrogens with zero attached hydrogens (tertiary/aromatic N) is 1. The summed E-state index contributed by atoms with van der Waals surface area (Å²) in [5.74, 6) is 0.103. The van der Waals surface area contributed by atoms with E-state index in [1.54, 1.807) is 0 Å². The highest BCUT2D eigenvalue weighted by Gasteiger charge is 2.33. The summed E-state index contributed by atoms with van der Waals surface area (Å²) in [4.78, 5) is 14.3. The zero-order valence-electron chi connectivity index (χ0n) is 12.2. The molecule has 2 rings (SSSR count). The Morgan fingerprint density at radius 2 is 1.95 bits per heavy atom. The summed E-state index contributed by atoms with van der Waals surface area (Å²) in [5.41, 5.74) is 3.60. The maximum atomic E-state index is 12.1. The van der Waals surface area contributed by atoms with Gasteiger partial charge < -0.3 is 15.5 Å². The number of rotatable bonds is 3. The summed E-state index contributed by atoms with van der Waals surface area (Å²) >= 11 is 0. The Balaban J connectivity index is 2.38. The van der Waals surface area contributed by atoms with Crippen LogP contribution < -0.4 is 15.5 Å². The third-order valence-corrected chi connectivity index (χ3v) is 3.59. The van der Waals surface area contributed by atoms with Gasteiger partial charge in [-0.25, -0.2) is 0 Å². The number of amides is 1. The normalized spacial score (nSPS) is 23.4. The predicted octanol–water partition coefficient (Wildman–Crippen LogP) is 1.22. The molecule has 2 N–H and O–H groups in total. The predicted molar refractivity (Wildman–Crippen MR) is 78.6 cm³/mol. The number of likely N-dealkylation sites (N-methyl/N-ethyl adjacent to an activating group) is 1. The minimum atomic E-state index is -0.144. The van der Waals surface area contributed by atoms with E-state index in [2.05, 4.69) is 54.5 Å². The first-order valence-electron chi connectivity index (χ1n) is 6.82. The van der Waals surface area contributed by atoms with Crippen LogP contribution in [0.1, 0.15) is 18.1 Å². The van der Waals surface area contributed by atoms with Crippen LogP contribution in [0.4, 0.5) is 5.69 Å². The maximum Gasteiger partial charge on any atom is 0.244 e. The van der Waals surface area contributed by atoms with Crippen LogP contribution in [0.5, 0.6) is 0 Å². The number of nitrogens with one attached hydrogen (secondary N) is 2. The summed E-state index contributed by atoms with van der Waals surface area (Å²) in [5, 5.41) is 6.09. The van der Waals surface area contributed by atoms with Crippen molar-refractivity contribution in [1.82, 2.24) is 10.6 Å². The molecule has 0 saturated carbocycles. The molecule has 0 bridgehead atoms. The highest BCUT2D eigenvalue weighted by atomic mass is 16.2. The Morgan fingerprint density at radius 1 is 1.32 bits per heavy atom. The van der Waals surface area contributed by atoms with Gasteiger partial charge in [-0.2, -0.15) is 0 Å². The summed E-state index contributed by atoms with van der Waals surface area (Å²) < 4.78 is 0. The van der Waals surface area contributed by atoms with Crippen LogP contribution in [0.25, 0.3) is 0 Å². The van der Waals surface area contributed by atoms with Gasteiger partial charge in [-0.1, -0.05) is 6.07 Å². The highest BCUT2D eigenvalue weighted by Crippen LogP contribution is 2.25. The molecule has 104 valence electrons. The van der Waals surface area contributed by atoms with E-state index in [9.17, 15) is 4.79 Å². The van der Waals surface area contributed by atoms with Crippen LogP contribution in [-0.2, 0) is 4.79 Å². The fraction of sp³-hybridized carbons (Fsp3) is 0.533. The minimum Gasteiger partial charge on any atom is -0.354 e. The molecule has 1 aromatic rings. The average Bonchev–Trinajstić information content (AvgIpc) is 2.33. The number of aryl methyl sites for hydroxylation is 2. The first kappa shape index (κ1) is 13.9. The third-order valence-electron chi connectivity index (χ3n) is 3.59. The van der Waals surface area contributed by atoms with Gasteiger partial charge in [0.05, 0.1) is 0 Å². The third kappa shape index (κ3) is 2.89. The van der Waals surface area contributed by atoms with Crippen molar-refractivity contribution < 1.29 is 4.79 Å². The number of hydrogen-bond donors (Lipinski definition) is 2. The second-order valence-corrected chi connectivity index (χ2v) is 5.42. The van der Waals surface area contributed by atoms with Gasteiger partial charge in [0.1, 0.15) is 6.04 Å². The number of carbonyl (C=O) groups is 1. The van der Waals surface area contributed by atoms with E-state index in [0.29, 0.717) is 19.1 Å². The Kier molecular flexibility index (Phi) is 4.10. The molecule has 2 unspecified atom stereocenters. The number of anilines is 1. The van der Waals surface area contributed by atoms with Gasteiger partial charge in [-0.15, -0.1) is 0 Å². The van der Waals surface area contributed by atoms with Crippen LogP contribution >= 0.6 is 0 Å². The molecule has 1 saturated heterocycles. The quantitative estimate of drug-likeness (QED) is 0.860. The van der Waals surface area contributed by atoms with E-state index in [4.69, 9.17) is 0 Å². The molecule has 1 aliphatic heterocycles. The Hall–Kier alpha value is -1.55. The number of carbonyl (C=O) groups excluding carboxylic acids is 1. The van der Waals surface area contributed by atoms with Gasteiger partial charge in [0.25, 0.3) is 0 Å². The lowest BCUT2D eigenvalue weighted by Crippen LogP contribution is -2.62. The van der Waals surface area contributed by atoms with Crippen LogP contribution in [0, 0.1) is 13.8 Å². The summed E-state index contributed by atoms with van der Waals surface area (Å²) in [7, 11) is 1.88. The van der Waals surface area contributed by atoms with Gasteiger partial charge in [-0.05, 0) is 51.1 Å². The van der Waals surface area contributed by atoms with Crippen LogP contribution in [0.3, 0.4) is 0 Å². The number of hydrogen-bond acceptors (Lipinski definition) is 3. The smallest absolute Gasteiger partial charge is 0.244 e. The van der Waals surface area contributed by atoms with Crippen LogP contribution in [-0.4, -0.2) is 38.1 Å². The second kappa shape index (κ2) is 5.61. The Bertz CT molecular complexity index is 452. The fourth-order valence-corrected chi connectivity index (χ4v) is 2.82. The molecular formula is C15H23N3O. The number of piperazine rings is 1. The van der Waals surface area contributed by atoms with Gasteiger partial charge in [0, 0.05) is 24.8 Å². The van der Waals surface area contributed by atoms with Crippen molar-refractivity contribution in [3.8, 4) is 0 Å². The highest BCUT2D eigenvalue weighted by molar-refractivity contribution is 5.87. The monoisotopic (exact) mass is 261 g/mol. The first-order chi connectivity index (χ1) is 9.02. The van der Waals surface area contributed by atoms with E-state index in [0.717, 1.165) is 5.69 Å². The lowest BCUT2D eigenvalue weighted by atomic mass is 10.0. The van der Waals surface area contributed by atoms with E-state index >= 15 is 0 Å². The minimum absolute atomic E-state index is 0.103. The fourth-order valence-electron chi connectivity index (χ4n) is 2.82. The molecule has 4 nitrogen and oxygen atoms in total. The largest absolute Gasteiger partial charge is 0.354 e. The molecule has 4 heteroatoms. The van der Waals surface area contributed by atoms with Crippen molar-refractivity contribution in [2.75, 3.05) is 25.0 Å². The van der Waals surface area contributed by atoms with E-state index in [-0.39, 0.29) is 11.9 Å². The van der Waals surface area contributed by atoms with Crippen molar-refractivity contribution in [2.45, 2.75) is 32.9 Å². The zero-order valence-corrected chi connectivity index (χ0v) is 12.2. The molecular weight excluding hydrogens is 238 g/mol. The summed E-state index contributed by atoms with van der Waals surface area (Å²) in [6, 6.07) is 6.63. The van der Waals surface area contributed by atoms with Crippen molar-refractivity contribution in [2.24, 2.45) is 0 Å². The lowest BCUT2D eigenvalue weighted by molar-refractivity contribution is -0.123. The lowest BCUT2D eigenvalue weighted by Gasteiger charge is -2.42. The summed E-state index contributed by atoms with van der Waals surface area (Å²) in [6.45, 7) is 7.70. The van der Waals surface area contributed by atoms with Crippen LogP contribution in [0.2, 0.25) is 0 Å². The topological polar surface area (TPSA) is 44.4 Å². The number of benzene rings is 1. The van der Waals surface area contributed by atoms with Gasteiger partial charge in [0.15, 0.2) is 0 Å². The standard InChI is InChI=1S/C15H23N3O/c1-10-5-11(2)7-13(6-10)18-12(3)8-17-15(19)14(18)9-16-4/h5-7,12,14,16H,8-9H2,1-4H3,(H,17,19). The van der Waals surface area contributed by atoms with E-state index in [1.807, 2.05) is 7.05 Å². The van der Waals surface area contributed by atoms with Crippen molar-refractivity contribution in [3.63, 3.8) is 0 Å². The second-order valence-electron chi connectivity index (χ2n) is 5.42. The molecule has 0 radical (unpaired) electrons. The van der Waals surface area contributed by atoms with Crippen molar-refractivity contribution in [3.05, 3.63) is 29.3 Å². The molecule has 2 atom stereocenters. The molecule has 1 aromatic carbocycles. The van der Waals surface area contributed by atoms with E-state index < -0.39 is 0 Å². The molecule has 0 aliphatic carbocycles. The van der Waals surface area contributed by atoms with Crippen molar-refractivity contribution in [1.29, 1.82) is 0 Å².